The van der Waals surface area contributed by atoms with E-state index in [4.69, 9.17) is 10.1 Å². The minimum absolute atomic E-state index is 0.0196. The maximum absolute atomic E-state index is 13.1. The number of rotatable bonds is 2. The van der Waals surface area contributed by atoms with E-state index in [0.717, 1.165) is 12.0 Å². The van der Waals surface area contributed by atoms with Crippen LogP contribution in [0.4, 0.5) is 0 Å². The van der Waals surface area contributed by atoms with Gasteiger partial charge in [-0.15, -0.1) is 0 Å². The molecule has 2 atom stereocenters. The van der Waals surface area contributed by atoms with Crippen molar-refractivity contribution in [2.24, 2.45) is 5.92 Å². The highest BCUT2D eigenvalue weighted by Gasteiger charge is 2.35. The Morgan fingerprint density at radius 1 is 1.06 bits per heavy atom. The van der Waals surface area contributed by atoms with Gasteiger partial charge in [-0.2, -0.15) is 5.10 Å². The Balaban J connectivity index is 1.68. The summed E-state index contributed by atoms with van der Waals surface area (Å²) >= 11 is 0. The number of benzene rings is 1. The van der Waals surface area contributed by atoms with Gasteiger partial charge in [0.05, 0.1) is 12.6 Å². The highest BCUT2D eigenvalue weighted by atomic mass is 16.2. The van der Waals surface area contributed by atoms with Gasteiger partial charge in [0.25, 0.3) is 0 Å². The number of nitrogens with one attached hydrogen (secondary N) is 1. The molecule has 34 heavy (non-hydrogen) atoms. The van der Waals surface area contributed by atoms with E-state index in [1.807, 2.05) is 56.0 Å². The number of amides is 3. The molecule has 0 aliphatic carbocycles. The lowest BCUT2D eigenvalue weighted by molar-refractivity contribution is -0.139. The Hall–Kier alpha value is -3.23. The first kappa shape index (κ1) is 23.9. The number of carbonyl (C=O) groups excluding carboxylic acids is 3. The van der Waals surface area contributed by atoms with E-state index in [1.165, 1.54) is 0 Å². The Kier molecular flexibility index (Phi) is 7.29. The monoisotopic (exact) mass is 466 g/mol. The fourth-order valence-electron chi connectivity index (χ4n) is 4.74. The van der Waals surface area contributed by atoms with Gasteiger partial charge < -0.3 is 15.1 Å². The molecule has 0 radical (unpaired) electrons. The number of hydrogen-bond acceptors (Lipinski definition) is 5. The summed E-state index contributed by atoms with van der Waals surface area (Å²) in [5, 5.41) is 7.80. The minimum Gasteiger partial charge on any atom is -0.345 e. The zero-order valence-corrected chi connectivity index (χ0v) is 20.2. The highest BCUT2D eigenvalue weighted by Crippen LogP contribution is 2.23. The molecule has 0 saturated carbocycles. The molecule has 0 unspecified atom stereocenters. The molecule has 4 rings (SSSR count). The molecule has 1 N–H and O–H groups in total. The van der Waals surface area contributed by atoms with Crippen LogP contribution in [0.2, 0.25) is 0 Å². The summed E-state index contributed by atoms with van der Waals surface area (Å²) in [6.07, 6.45) is 2.36. The van der Waals surface area contributed by atoms with Crippen molar-refractivity contribution >= 4 is 17.7 Å². The first-order chi connectivity index (χ1) is 16.3. The molecular formula is C25H34N6O3. The maximum Gasteiger partial charge on any atom is 0.243 e. The van der Waals surface area contributed by atoms with Crippen LogP contribution in [0.3, 0.4) is 0 Å². The summed E-state index contributed by atoms with van der Waals surface area (Å²) in [4.78, 5) is 47.1. The summed E-state index contributed by atoms with van der Waals surface area (Å²) in [6.45, 7) is 7.67. The first-order valence-electron chi connectivity index (χ1n) is 12.2. The van der Waals surface area contributed by atoms with Gasteiger partial charge in [0.2, 0.25) is 17.7 Å². The quantitative estimate of drug-likeness (QED) is 0.733. The van der Waals surface area contributed by atoms with Crippen molar-refractivity contribution in [2.75, 3.05) is 19.6 Å². The van der Waals surface area contributed by atoms with Gasteiger partial charge in [-0.1, -0.05) is 44.2 Å². The molecule has 3 heterocycles. The average molecular weight is 467 g/mol. The van der Waals surface area contributed by atoms with Crippen molar-refractivity contribution in [3.8, 4) is 11.4 Å². The second-order valence-electron chi connectivity index (χ2n) is 9.44. The molecule has 182 valence electrons. The summed E-state index contributed by atoms with van der Waals surface area (Å²) in [7, 11) is 0. The predicted octanol–water partition coefficient (Wildman–Crippen LogP) is 2.39. The molecule has 2 aromatic rings. The lowest BCUT2D eigenvalue weighted by atomic mass is 10.1. The number of carbonyl (C=O) groups is 3. The van der Waals surface area contributed by atoms with Crippen LogP contribution in [0.15, 0.2) is 30.3 Å². The van der Waals surface area contributed by atoms with E-state index >= 15 is 0 Å². The molecule has 9 nitrogen and oxygen atoms in total. The van der Waals surface area contributed by atoms with E-state index in [0.29, 0.717) is 57.1 Å². The van der Waals surface area contributed by atoms with Crippen LogP contribution in [-0.2, 0) is 20.9 Å². The molecule has 1 aromatic heterocycles. The van der Waals surface area contributed by atoms with E-state index in [-0.39, 0.29) is 23.6 Å². The molecule has 9 heteroatoms. The number of fused-ring (bicyclic) bond motifs is 2. The van der Waals surface area contributed by atoms with Crippen molar-refractivity contribution in [1.82, 2.24) is 29.9 Å². The second kappa shape index (κ2) is 10.4. The van der Waals surface area contributed by atoms with Crippen molar-refractivity contribution in [3.63, 3.8) is 0 Å². The standard InChI is InChI=1S/C25H34N6O3/c1-17(2)25(34)29-13-8-12-21(32)30-14-7-11-20(30)24(33)26-18(3)23-27-22(28-31(23)16-15-29)19-9-5-4-6-10-19/h4-6,9-10,17-18,20H,7-8,11-16H2,1-3H3,(H,26,33)/t18-,20-/m0/s1. The molecule has 2 aliphatic heterocycles. The van der Waals surface area contributed by atoms with Gasteiger partial charge in [-0.05, 0) is 26.2 Å². The summed E-state index contributed by atoms with van der Waals surface area (Å²) in [6, 6.07) is 8.85. The fourth-order valence-corrected chi connectivity index (χ4v) is 4.74. The first-order valence-corrected chi connectivity index (χ1v) is 12.2. The van der Waals surface area contributed by atoms with Crippen LogP contribution in [0, 0.1) is 5.92 Å². The molecule has 0 bridgehead atoms. The van der Waals surface area contributed by atoms with Crippen molar-refractivity contribution in [2.45, 2.75) is 65.1 Å². The van der Waals surface area contributed by atoms with Gasteiger partial charge in [-0.3, -0.25) is 14.4 Å². The average Bonchev–Trinajstić information content (AvgIpc) is 3.48. The lowest BCUT2D eigenvalue weighted by Crippen LogP contribution is -2.47. The van der Waals surface area contributed by atoms with Crippen molar-refractivity contribution in [3.05, 3.63) is 36.2 Å². The Labute approximate surface area is 200 Å². The molecule has 3 amide bonds. The third-order valence-electron chi connectivity index (χ3n) is 6.56. The van der Waals surface area contributed by atoms with Crippen LogP contribution >= 0.6 is 0 Å². The highest BCUT2D eigenvalue weighted by molar-refractivity contribution is 5.88. The zero-order valence-electron chi connectivity index (χ0n) is 20.2. The molecule has 0 spiro atoms. The SMILES string of the molecule is CC(C)C(=O)N1CCCC(=O)N2CCC[C@H]2C(=O)N[C@@H](C)c2nc(-c3ccccc3)nn2CC1. The van der Waals surface area contributed by atoms with Crippen LogP contribution in [0.1, 0.15) is 58.3 Å². The van der Waals surface area contributed by atoms with Crippen LogP contribution in [0.25, 0.3) is 11.4 Å². The van der Waals surface area contributed by atoms with Gasteiger partial charge >= 0.3 is 0 Å². The number of aromatic nitrogens is 3. The van der Waals surface area contributed by atoms with Crippen molar-refractivity contribution in [1.29, 1.82) is 0 Å². The van der Waals surface area contributed by atoms with E-state index in [1.54, 1.807) is 9.58 Å². The van der Waals surface area contributed by atoms with Crippen LogP contribution in [-0.4, -0.2) is 68.0 Å². The van der Waals surface area contributed by atoms with E-state index in [9.17, 15) is 14.4 Å². The zero-order chi connectivity index (χ0) is 24.2. The molecule has 1 fully saturated rings. The second-order valence-corrected chi connectivity index (χ2v) is 9.44. The van der Waals surface area contributed by atoms with Gasteiger partial charge in [0.15, 0.2) is 5.82 Å². The summed E-state index contributed by atoms with van der Waals surface area (Å²) in [5.74, 6) is 0.977. The molecule has 1 aromatic carbocycles. The summed E-state index contributed by atoms with van der Waals surface area (Å²) in [5.41, 5.74) is 0.890. The smallest absolute Gasteiger partial charge is 0.243 e. The summed E-state index contributed by atoms with van der Waals surface area (Å²) < 4.78 is 1.80. The van der Waals surface area contributed by atoms with E-state index < -0.39 is 12.1 Å². The lowest BCUT2D eigenvalue weighted by Gasteiger charge is -2.28. The van der Waals surface area contributed by atoms with Crippen LogP contribution < -0.4 is 5.32 Å². The largest absolute Gasteiger partial charge is 0.345 e. The third-order valence-corrected chi connectivity index (χ3v) is 6.56. The minimum atomic E-state index is -0.462. The molecule has 2 aliphatic rings. The van der Waals surface area contributed by atoms with Gasteiger partial charge in [0, 0.05) is 37.5 Å². The number of nitrogens with zero attached hydrogens (tertiary/aromatic N) is 5. The van der Waals surface area contributed by atoms with E-state index in [2.05, 4.69) is 5.32 Å². The van der Waals surface area contributed by atoms with Gasteiger partial charge in [0.1, 0.15) is 11.9 Å². The third kappa shape index (κ3) is 5.13. The Bertz CT molecular complexity index is 1030. The molecule has 1 saturated heterocycles. The topological polar surface area (TPSA) is 100 Å². The number of hydrogen-bond donors (Lipinski definition) is 1. The fraction of sp³-hybridized carbons (Fsp3) is 0.560. The maximum atomic E-state index is 13.1. The van der Waals surface area contributed by atoms with Crippen molar-refractivity contribution < 1.29 is 14.4 Å². The Morgan fingerprint density at radius 2 is 1.82 bits per heavy atom. The predicted molar refractivity (Wildman–Crippen MR) is 127 cm³/mol. The normalized spacial score (nSPS) is 22.2. The van der Waals surface area contributed by atoms with Crippen LogP contribution in [0.5, 0.6) is 0 Å². The molecular weight excluding hydrogens is 432 g/mol. The van der Waals surface area contributed by atoms with Gasteiger partial charge in [-0.25, -0.2) is 9.67 Å². The Morgan fingerprint density at radius 3 is 2.56 bits per heavy atom.